The van der Waals surface area contributed by atoms with Gasteiger partial charge in [-0.1, -0.05) is 39.0 Å². The first-order chi connectivity index (χ1) is 12.3. The zero-order valence-electron chi connectivity index (χ0n) is 16.3. The molecule has 0 radical (unpaired) electrons. The molecule has 142 valence electrons. The Kier molecular flexibility index (Phi) is 5.78. The van der Waals surface area contributed by atoms with Crippen LogP contribution in [0.4, 0.5) is 0 Å². The van der Waals surface area contributed by atoms with E-state index in [2.05, 4.69) is 42.0 Å². The van der Waals surface area contributed by atoms with Crippen molar-refractivity contribution in [2.45, 2.75) is 59.0 Å². The highest BCUT2D eigenvalue weighted by molar-refractivity contribution is 9.10. The summed E-state index contributed by atoms with van der Waals surface area (Å²) >= 11 is 3.52. The van der Waals surface area contributed by atoms with E-state index in [0.29, 0.717) is 22.5 Å². The van der Waals surface area contributed by atoms with Crippen molar-refractivity contribution >= 4 is 15.9 Å². The van der Waals surface area contributed by atoms with E-state index in [1.54, 1.807) is 4.68 Å². The Hall–Kier alpha value is -1.33. The molecule has 0 saturated heterocycles. The minimum Gasteiger partial charge on any atom is -0.308 e. The number of rotatable bonds is 4. The topological polar surface area (TPSA) is 39.0 Å². The fourth-order valence-electron chi connectivity index (χ4n) is 4.07. The lowest BCUT2D eigenvalue weighted by Gasteiger charge is -2.37. The van der Waals surface area contributed by atoms with E-state index < -0.39 is 0 Å². The maximum Gasteiger partial charge on any atom is 0.286 e. The molecular weight excluding hydrogens is 390 g/mol. The number of para-hydroxylation sites is 1. The molecule has 5 heteroatoms. The van der Waals surface area contributed by atoms with E-state index >= 15 is 0 Å². The Labute approximate surface area is 164 Å². The molecular formula is C21H30BrN3O. The van der Waals surface area contributed by atoms with Crippen LogP contribution in [0, 0.1) is 11.3 Å². The van der Waals surface area contributed by atoms with Crippen molar-refractivity contribution in [2.75, 3.05) is 0 Å². The van der Waals surface area contributed by atoms with E-state index in [1.165, 1.54) is 25.7 Å². The van der Waals surface area contributed by atoms with Gasteiger partial charge in [-0.2, -0.15) is 0 Å². The van der Waals surface area contributed by atoms with E-state index in [1.807, 2.05) is 42.1 Å². The molecule has 3 rings (SSSR count). The first-order valence-corrected chi connectivity index (χ1v) is 10.3. The van der Waals surface area contributed by atoms with Gasteiger partial charge in [-0.15, -0.1) is 0 Å². The van der Waals surface area contributed by atoms with Crippen LogP contribution in [-0.2, 0) is 13.6 Å². The predicted octanol–water partition coefficient (Wildman–Crippen LogP) is 4.63. The summed E-state index contributed by atoms with van der Waals surface area (Å²) in [5.41, 5.74) is 2.28. The van der Waals surface area contributed by atoms with Crippen molar-refractivity contribution in [3.8, 4) is 5.69 Å². The first kappa shape index (κ1) is 19.4. The summed E-state index contributed by atoms with van der Waals surface area (Å²) in [5.74, 6) is 0.816. The van der Waals surface area contributed by atoms with Crippen LogP contribution in [-0.4, -0.2) is 15.4 Å². The summed E-state index contributed by atoms with van der Waals surface area (Å²) in [7, 11) is 1.95. The average Bonchev–Trinajstić information content (AvgIpc) is 2.83. The van der Waals surface area contributed by atoms with Crippen molar-refractivity contribution in [1.82, 2.24) is 14.7 Å². The van der Waals surface area contributed by atoms with Crippen LogP contribution in [0.5, 0.6) is 0 Å². The second kappa shape index (κ2) is 7.73. The summed E-state index contributed by atoms with van der Waals surface area (Å²) < 4.78 is 4.33. The van der Waals surface area contributed by atoms with Gasteiger partial charge in [0.2, 0.25) is 0 Å². The predicted molar refractivity (Wildman–Crippen MR) is 111 cm³/mol. The fourth-order valence-corrected chi connectivity index (χ4v) is 4.64. The second-order valence-corrected chi connectivity index (χ2v) is 9.33. The van der Waals surface area contributed by atoms with E-state index in [9.17, 15) is 4.79 Å². The zero-order chi connectivity index (χ0) is 18.9. The van der Waals surface area contributed by atoms with E-state index in [4.69, 9.17) is 0 Å². The molecule has 0 amide bonds. The van der Waals surface area contributed by atoms with Gasteiger partial charge >= 0.3 is 0 Å². The smallest absolute Gasteiger partial charge is 0.286 e. The van der Waals surface area contributed by atoms with Gasteiger partial charge in [0.15, 0.2) is 0 Å². The lowest BCUT2D eigenvalue weighted by molar-refractivity contribution is 0.159. The highest BCUT2D eigenvalue weighted by atomic mass is 79.9. The van der Waals surface area contributed by atoms with Gasteiger partial charge in [-0.3, -0.25) is 9.48 Å². The van der Waals surface area contributed by atoms with Gasteiger partial charge < -0.3 is 5.32 Å². The Morgan fingerprint density at radius 1 is 1.12 bits per heavy atom. The summed E-state index contributed by atoms with van der Waals surface area (Å²) in [4.78, 5) is 12.7. The lowest BCUT2D eigenvalue weighted by Crippen LogP contribution is -2.36. The van der Waals surface area contributed by atoms with Gasteiger partial charge in [-0.25, -0.2) is 4.68 Å². The molecule has 1 aromatic carbocycles. The quantitative estimate of drug-likeness (QED) is 0.783. The number of nitrogens with zero attached hydrogens (tertiary/aromatic N) is 2. The molecule has 1 aliphatic rings. The van der Waals surface area contributed by atoms with E-state index in [0.717, 1.165) is 17.3 Å². The molecule has 1 fully saturated rings. The average molecular weight is 420 g/mol. The van der Waals surface area contributed by atoms with Crippen molar-refractivity contribution in [1.29, 1.82) is 0 Å². The molecule has 1 saturated carbocycles. The Morgan fingerprint density at radius 3 is 2.31 bits per heavy atom. The van der Waals surface area contributed by atoms with Crippen molar-refractivity contribution < 1.29 is 0 Å². The highest BCUT2D eigenvalue weighted by Gasteiger charge is 2.29. The molecule has 0 bridgehead atoms. The van der Waals surface area contributed by atoms with Crippen LogP contribution in [0.15, 0.2) is 39.6 Å². The van der Waals surface area contributed by atoms with Crippen LogP contribution >= 0.6 is 15.9 Å². The Bertz CT molecular complexity index is 793. The molecule has 1 aliphatic carbocycles. The first-order valence-electron chi connectivity index (χ1n) is 9.54. The maximum atomic E-state index is 12.7. The number of hydrogen-bond acceptors (Lipinski definition) is 2. The monoisotopic (exact) mass is 419 g/mol. The summed E-state index contributed by atoms with van der Waals surface area (Å²) in [6, 6.07) is 10.3. The third kappa shape index (κ3) is 3.99. The van der Waals surface area contributed by atoms with Crippen LogP contribution in [0.25, 0.3) is 5.69 Å². The molecule has 1 N–H and O–H groups in total. The molecule has 0 atom stereocenters. The third-order valence-corrected chi connectivity index (χ3v) is 6.63. The minimum absolute atomic E-state index is 0.00746. The SMILES string of the molecule is Cn1c(CNC2CCC(C(C)(C)C)CC2)c(Br)c(=O)n1-c1ccccc1. The van der Waals surface area contributed by atoms with Gasteiger partial charge in [0.05, 0.1) is 11.4 Å². The molecule has 0 unspecified atom stereocenters. The molecule has 1 aromatic heterocycles. The molecule has 2 aromatic rings. The third-order valence-electron chi connectivity index (χ3n) is 5.83. The van der Waals surface area contributed by atoms with Gasteiger partial charge in [0.25, 0.3) is 5.56 Å². The van der Waals surface area contributed by atoms with Gasteiger partial charge in [-0.05, 0) is 65.1 Å². The van der Waals surface area contributed by atoms with Crippen LogP contribution in [0.1, 0.15) is 52.1 Å². The molecule has 0 spiro atoms. The van der Waals surface area contributed by atoms with E-state index in [-0.39, 0.29) is 5.56 Å². The standard InChI is InChI=1S/C21H30BrN3O/c1-21(2,3)15-10-12-16(13-11-15)23-14-18-19(22)20(26)25(24(18)4)17-8-6-5-7-9-17/h5-9,15-16,23H,10-14H2,1-4H3. The zero-order valence-corrected chi connectivity index (χ0v) is 17.8. The van der Waals surface area contributed by atoms with Crippen molar-refractivity contribution in [3.05, 3.63) is 50.9 Å². The Morgan fingerprint density at radius 2 is 1.73 bits per heavy atom. The van der Waals surface area contributed by atoms with Crippen LogP contribution in [0.2, 0.25) is 0 Å². The normalized spacial score (nSPS) is 21.1. The fraction of sp³-hybridized carbons (Fsp3) is 0.571. The number of benzene rings is 1. The van der Waals surface area contributed by atoms with Crippen molar-refractivity contribution in [3.63, 3.8) is 0 Å². The minimum atomic E-state index is -0.00746. The van der Waals surface area contributed by atoms with Crippen LogP contribution < -0.4 is 10.9 Å². The Balaban J connectivity index is 1.69. The molecule has 0 aliphatic heterocycles. The summed E-state index contributed by atoms with van der Waals surface area (Å²) in [6.07, 6.45) is 5.00. The summed E-state index contributed by atoms with van der Waals surface area (Å²) in [6.45, 7) is 7.76. The largest absolute Gasteiger partial charge is 0.308 e. The molecule has 1 heterocycles. The highest BCUT2D eigenvalue weighted by Crippen LogP contribution is 2.37. The number of halogens is 1. The lowest BCUT2D eigenvalue weighted by atomic mass is 9.71. The van der Waals surface area contributed by atoms with Gasteiger partial charge in [0, 0.05) is 19.6 Å². The van der Waals surface area contributed by atoms with Gasteiger partial charge in [0.1, 0.15) is 4.47 Å². The summed E-state index contributed by atoms with van der Waals surface area (Å²) in [5, 5.41) is 3.68. The van der Waals surface area contributed by atoms with Crippen molar-refractivity contribution in [2.24, 2.45) is 18.4 Å². The maximum absolute atomic E-state index is 12.7. The second-order valence-electron chi connectivity index (χ2n) is 8.53. The molecule has 26 heavy (non-hydrogen) atoms. The number of hydrogen-bond donors (Lipinski definition) is 1. The number of nitrogens with one attached hydrogen (secondary N) is 1. The van der Waals surface area contributed by atoms with Crippen LogP contribution in [0.3, 0.4) is 0 Å². The number of aromatic nitrogens is 2. The molecule has 4 nitrogen and oxygen atoms in total.